The lowest BCUT2D eigenvalue weighted by Gasteiger charge is -2.23. The summed E-state index contributed by atoms with van der Waals surface area (Å²) in [5, 5.41) is 17.4. The minimum Gasteiger partial charge on any atom is -0.481 e. The molecule has 0 radical (unpaired) electrons. The first-order valence-electron chi connectivity index (χ1n) is 5.75. The Kier molecular flexibility index (Phi) is 9.18. The molecule has 0 aromatic carbocycles. The van der Waals surface area contributed by atoms with E-state index in [4.69, 9.17) is 14.9 Å². The standard InChI is InChI=1S/C11H23NO4/c1-3-4-12(5-7-16-8-6-13)9-10(2)11(14)15/h10,13H,3-9H2,1-2H3,(H,14,15). The van der Waals surface area contributed by atoms with E-state index >= 15 is 0 Å². The first-order chi connectivity index (χ1) is 7.61. The Hall–Kier alpha value is -0.650. The highest BCUT2D eigenvalue weighted by molar-refractivity contribution is 5.69. The van der Waals surface area contributed by atoms with E-state index in [9.17, 15) is 4.79 Å². The van der Waals surface area contributed by atoms with E-state index in [2.05, 4.69) is 11.8 Å². The molecule has 0 aromatic heterocycles. The second-order valence-corrected chi connectivity index (χ2v) is 3.88. The fraction of sp³-hybridized carbons (Fsp3) is 0.909. The Labute approximate surface area is 97.0 Å². The van der Waals surface area contributed by atoms with Crippen LogP contribution in [0.5, 0.6) is 0 Å². The number of aliphatic hydroxyl groups is 1. The van der Waals surface area contributed by atoms with Gasteiger partial charge in [0, 0.05) is 13.1 Å². The Balaban J connectivity index is 3.82. The lowest BCUT2D eigenvalue weighted by molar-refractivity contribution is -0.141. The molecular weight excluding hydrogens is 210 g/mol. The number of nitrogens with zero attached hydrogens (tertiary/aromatic N) is 1. The SMILES string of the molecule is CCCN(CCOCCO)CC(C)C(=O)O. The quantitative estimate of drug-likeness (QED) is 0.535. The number of aliphatic hydroxyl groups excluding tert-OH is 1. The van der Waals surface area contributed by atoms with Crippen molar-refractivity contribution in [2.75, 3.05) is 39.5 Å². The highest BCUT2D eigenvalue weighted by Crippen LogP contribution is 2.01. The number of hydrogen-bond donors (Lipinski definition) is 2. The topological polar surface area (TPSA) is 70.0 Å². The molecular formula is C11H23NO4. The lowest BCUT2D eigenvalue weighted by Crippen LogP contribution is -2.35. The number of carbonyl (C=O) groups is 1. The molecule has 1 unspecified atom stereocenters. The molecule has 96 valence electrons. The van der Waals surface area contributed by atoms with Crippen LogP contribution in [0.15, 0.2) is 0 Å². The van der Waals surface area contributed by atoms with Crippen LogP contribution in [-0.4, -0.2) is 60.5 Å². The molecule has 0 aliphatic heterocycles. The first kappa shape index (κ1) is 15.3. The number of carboxylic acids is 1. The molecule has 0 spiro atoms. The molecule has 0 aliphatic rings. The maximum atomic E-state index is 10.7. The summed E-state index contributed by atoms with van der Waals surface area (Å²) in [6.45, 7) is 6.81. The van der Waals surface area contributed by atoms with Gasteiger partial charge in [0.15, 0.2) is 0 Å². The van der Waals surface area contributed by atoms with Crippen LogP contribution in [0.4, 0.5) is 0 Å². The van der Waals surface area contributed by atoms with Gasteiger partial charge in [0.05, 0.1) is 25.7 Å². The van der Waals surface area contributed by atoms with Crippen molar-refractivity contribution in [3.63, 3.8) is 0 Å². The summed E-state index contributed by atoms with van der Waals surface area (Å²) in [5.74, 6) is -1.12. The van der Waals surface area contributed by atoms with Gasteiger partial charge in [-0.1, -0.05) is 13.8 Å². The third-order valence-electron chi connectivity index (χ3n) is 2.28. The monoisotopic (exact) mass is 233 g/mol. The van der Waals surface area contributed by atoms with Crippen LogP contribution in [0.1, 0.15) is 20.3 Å². The predicted molar refractivity (Wildman–Crippen MR) is 61.4 cm³/mol. The maximum absolute atomic E-state index is 10.7. The van der Waals surface area contributed by atoms with E-state index < -0.39 is 5.97 Å². The highest BCUT2D eigenvalue weighted by Gasteiger charge is 2.15. The maximum Gasteiger partial charge on any atom is 0.307 e. The molecule has 0 rings (SSSR count). The van der Waals surface area contributed by atoms with Gasteiger partial charge in [-0.25, -0.2) is 0 Å². The van der Waals surface area contributed by atoms with Crippen LogP contribution < -0.4 is 0 Å². The summed E-state index contributed by atoms with van der Waals surface area (Å²) in [4.78, 5) is 12.8. The summed E-state index contributed by atoms with van der Waals surface area (Å²) in [7, 11) is 0. The fourth-order valence-corrected chi connectivity index (χ4v) is 1.44. The van der Waals surface area contributed by atoms with Crippen molar-refractivity contribution in [2.45, 2.75) is 20.3 Å². The number of ether oxygens (including phenoxy) is 1. The molecule has 0 saturated carbocycles. The van der Waals surface area contributed by atoms with Crippen molar-refractivity contribution >= 4 is 5.97 Å². The summed E-state index contributed by atoms with van der Waals surface area (Å²) < 4.78 is 5.16. The zero-order chi connectivity index (χ0) is 12.4. The van der Waals surface area contributed by atoms with Gasteiger partial charge < -0.3 is 19.8 Å². The van der Waals surface area contributed by atoms with Crippen molar-refractivity contribution < 1.29 is 19.7 Å². The van der Waals surface area contributed by atoms with Crippen LogP contribution in [0, 0.1) is 5.92 Å². The van der Waals surface area contributed by atoms with Crippen molar-refractivity contribution in [1.82, 2.24) is 4.90 Å². The van der Waals surface area contributed by atoms with Crippen LogP contribution in [0.25, 0.3) is 0 Å². The molecule has 5 nitrogen and oxygen atoms in total. The van der Waals surface area contributed by atoms with Gasteiger partial charge in [0.1, 0.15) is 0 Å². The van der Waals surface area contributed by atoms with Gasteiger partial charge in [-0.2, -0.15) is 0 Å². The molecule has 0 amide bonds. The number of rotatable bonds is 10. The molecule has 0 fully saturated rings. The van der Waals surface area contributed by atoms with Gasteiger partial charge >= 0.3 is 5.97 Å². The van der Waals surface area contributed by atoms with E-state index in [1.54, 1.807) is 6.92 Å². The molecule has 0 heterocycles. The summed E-state index contributed by atoms with van der Waals surface area (Å²) in [6, 6.07) is 0. The Morgan fingerprint density at radius 1 is 1.38 bits per heavy atom. The molecule has 2 N–H and O–H groups in total. The van der Waals surface area contributed by atoms with E-state index in [-0.39, 0.29) is 12.5 Å². The fourth-order valence-electron chi connectivity index (χ4n) is 1.44. The number of aliphatic carboxylic acids is 1. The molecule has 1 atom stereocenters. The Morgan fingerprint density at radius 3 is 2.56 bits per heavy atom. The van der Waals surface area contributed by atoms with Crippen molar-refractivity contribution in [3.8, 4) is 0 Å². The normalized spacial score (nSPS) is 13.0. The Morgan fingerprint density at radius 2 is 2.06 bits per heavy atom. The summed E-state index contributed by atoms with van der Waals surface area (Å²) in [5.41, 5.74) is 0. The zero-order valence-corrected chi connectivity index (χ0v) is 10.2. The summed E-state index contributed by atoms with van der Waals surface area (Å²) in [6.07, 6.45) is 0.992. The van der Waals surface area contributed by atoms with E-state index in [0.717, 1.165) is 13.0 Å². The second kappa shape index (κ2) is 9.57. The number of hydrogen-bond acceptors (Lipinski definition) is 4. The summed E-state index contributed by atoms with van der Waals surface area (Å²) >= 11 is 0. The molecule has 16 heavy (non-hydrogen) atoms. The third-order valence-corrected chi connectivity index (χ3v) is 2.28. The predicted octanol–water partition coefficient (Wildman–Crippen LogP) is 0.428. The van der Waals surface area contributed by atoms with E-state index in [1.807, 2.05) is 0 Å². The average Bonchev–Trinajstić information content (AvgIpc) is 2.24. The van der Waals surface area contributed by atoms with Crippen molar-refractivity contribution in [3.05, 3.63) is 0 Å². The molecule has 0 aromatic rings. The van der Waals surface area contributed by atoms with Gasteiger partial charge in [-0.05, 0) is 13.0 Å². The Bertz CT molecular complexity index is 187. The molecule has 0 aliphatic carbocycles. The first-order valence-corrected chi connectivity index (χ1v) is 5.75. The molecule has 0 saturated heterocycles. The number of carboxylic acid groups (broad SMARTS) is 1. The van der Waals surface area contributed by atoms with E-state index in [1.165, 1.54) is 0 Å². The largest absolute Gasteiger partial charge is 0.481 e. The van der Waals surface area contributed by atoms with Gasteiger partial charge in [-0.15, -0.1) is 0 Å². The third kappa shape index (κ3) is 7.62. The van der Waals surface area contributed by atoms with Gasteiger partial charge in [0.2, 0.25) is 0 Å². The molecule has 5 heteroatoms. The zero-order valence-electron chi connectivity index (χ0n) is 10.2. The van der Waals surface area contributed by atoms with Crippen molar-refractivity contribution in [2.24, 2.45) is 5.92 Å². The van der Waals surface area contributed by atoms with Gasteiger partial charge in [0.25, 0.3) is 0 Å². The van der Waals surface area contributed by atoms with Crippen molar-refractivity contribution in [1.29, 1.82) is 0 Å². The van der Waals surface area contributed by atoms with Crippen LogP contribution in [-0.2, 0) is 9.53 Å². The molecule has 0 bridgehead atoms. The van der Waals surface area contributed by atoms with Crippen LogP contribution in [0.2, 0.25) is 0 Å². The second-order valence-electron chi connectivity index (χ2n) is 3.88. The minimum absolute atomic E-state index is 0.0271. The highest BCUT2D eigenvalue weighted by atomic mass is 16.5. The average molecular weight is 233 g/mol. The lowest BCUT2D eigenvalue weighted by atomic mass is 10.1. The van der Waals surface area contributed by atoms with Gasteiger partial charge in [-0.3, -0.25) is 4.79 Å². The minimum atomic E-state index is -0.766. The van der Waals surface area contributed by atoms with Crippen LogP contribution >= 0.6 is 0 Å². The van der Waals surface area contributed by atoms with E-state index in [0.29, 0.717) is 26.3 Å². The smallest absolute Gasteiger partial charge is 0.307 e. The van der Waals surface area contributed by atoms with Crippen LogP contribution in [0.3, 0.4) is 0 Å².